The summed E-state index contributed by atoms with van der Waals surface area (Å²) in [7, 11) is 0. The molecular formula is C24H28N2OS. The topological polar surface area (TPSA) is 42.0 Å². The van der Waals surface area contributed by atoms with Gasteiger partial charge in [0.1, 0.15) is 0 Å². The summed E-state index contributed by atoms with van der Waals surface area (Å²) in [6.45, 7) is 4.28. The van der Waals surface area contributed by atoms with Crippen molar-refractivity contribution < 1.29 is 4.79 Å². The van der Waals surface area contributed by atoms with Crippen molar-refractivity contribution in [2.75, 3.05) is 0 Å². The van der Waals surface area contributed by atoms with E-state index >= 15 is 0 Å². The molecule has 0 bridgehead atoms. The Balaban J connectivity index is 1.45. The number of benzene rings is 2. The number of amides is 1. The zero-order chi connectivity index (χ0) is 19.5. The van der Waals surface area contributed by atoms with Gasteiger partial charge in [0, 0.05) is 17.3 Å². The summed E-state index contributed by atoms with van der Waals surface area (Å²) < 4.78 is 0. The van der Waals surface area contributed by atoms with Gasteiger partial charge in [0.25, 0.3) is 0 Å². The predicted molar refractivity (Wildman–Crippen MR) is 117 cm³/mol. The van der Waals surface area contributed by atoms with Crippen LogP contribution in [0, 0.1) is 12.8 Å². The number of fused-ring (bicyclic) bond motifs is 1. The van der Waals surface area contributed by atoms with Gasteiger partial charge in [0.15, 0.2) is 0 Å². The smallest absolute Gasteiger partial charge is 0.225 e. The van der Waals surface area contributed by atoms with E-state index in [1.165, 1.54) is 35.6 Å². The van der Waals surface area contributed by atoms with Crippen LogP contribution in [0.3, 0.4) is 0 Å². The third-order valence-electron chi connectivity index (χ3n) is 5.94. The standard InChI is InChI=1S/C24H28N2OS/c1-16-8-3-6-13-21(16)26-23(27)15-22-17(2)25-24(28-22)14-19-11-7-10-18-9-4-5-12-20(18)19/h4-5,7,9-12,16,21H,3,6,8,13-15H2,1-2H3,(H,26,27). The van der Waals surface area contributed by atoms with Crippen LogP contribution in [0.1, 0.15) is 53.7 Å². The van der Waals surface area contributed by atoms with Crippen molar-refractivity contribution in [3.8, 4) is 0 Å². The van der Waals surface area contributed by atoms with Crippen molar-refractivity contribution in [1.29, 1.82) is 0 Å². The molecular weight excluding hydrogens is 364 g/mol. The summed E-state index contributed by atoms with van der Waals surface area (Å²) in [5.74, 6) is 0.726. The van der Waals surface area contributed by atoms with Gasteiger partial charge in [-0.15, -0.1) is 11.3 Å². The van der Waals surface area contributed by atoms with Crippen LogP contribution in [0.2, 0.25) is 0 Å². The highest BCUT2D eigenvalue weighted by Gasteiger charge is 2.23. The lowest BCUT2D eigenvalue weighted by Gasteiger charge is -2.29. The fourth-order valence-corrected chi connectivity index (χ4v) is 5.36. The molecule has 0 spiro atoms. The van der Waals surface area contributed by atoms with Gasteiger partial charge in [-0.2, -0.15) is 0 Å². The Morgan fingerprint density at radius 2 is 1.93 bits per heavy atom. The van der Waals surface area contributed by atoms with E-state index in [4.69, 9.17) is 4.98 Å². The molecule has 1 saturated carbocycles. The lowest BCUT2D eigenvalue weighted by atomic mass is 9.86. The van der Waals surface area contributed by atoms with E-state index in [1.54, 1.807) is 11.3 Å². The maximum Gasteiger partial charge on any atom is 0.225 e. The number of hydrogen-bond acceptors (Lipinski definition) is 3. The third-order valence-corrected chi connectivity index (χ3v) is 7.09. The number of rotatable bonds is 5. The number of thiazole rings is 1. The molecule has 1 amide bonds. The van der Waals surface area contributed by atoms with Gasteiger partial charge in [-0.25, -0.2) is 4.98 Å². The predicted octanol–water partition coefficient (Wildman–Crippen LogP) is 5.43. The molecule has 4 heteroatoms. The summed E-state index contributed by atoms with van der Waals surface area (Å²) >= 11 is 1.68. The molecule has 1 aliphatic carbocycles. The van der Waals surface area contributed by atoms with E-state index < -0.39 is 0 Å². The Hall–Kier alpha value is -2.20. The minimum Gasteiger partial charge on any atom is -0.353 e. The highest BCUT2D eigenvalue weighted by atomic mass is 32.1. The van der Waals surface area contributed by atoms with Crippen LogP contribution in [0.5, 0.6) is 0 Å². The van der Waals surface area contributed by atoms with Gasteiger partial charge in [-0.1, -0.05) is 62.2 Å². The molecule has 3 aromatic rings. The van der Waals surface area contributed by atoms with Gasteiger partial charge >= 0.3 is 0 Å². The van der Waals surface area contributed by atoms with Gasteiger partial charge in [0.2, 0.25) is 5.91 Å². The van der Waals surface area contributed by atoms with E-state index in [0.717, 1.165) is 28.4 Å². The molecule has 28 heavy (non-hydrogen) atoms. The summed E-state index contributed by atoms with van der Waals surface area (Å²) in [6.07, 6.45) is 6.11. The van der Waals surface area contributed by atoms with Crippen molar-refractivity contribution >= 4 is 28.0 Å². The molecule has 0 aliphatic heterocycles. The van der Waals surface area contributed by atoms with Crippen molar-refractivity contribution in [2.45, 2.75) is 58.4 Å². The van der Waals surface area contributed by atoms with E-state index in [9.17, 15) is 4.79 Å². The summed E-state index contributed by atoms with van der Waals surface area (Å²) in [4.78, 5) is 18.4. The Morgan fingerprint density at radius 3 is 2.79 bits per heavy atom. The highest BCUT2D eigenvalue weighted by molar-refractivity contribution is 7.11. The number of nitrogens with zero attached hydrogens (tertiary/aromatic N) is 1. The lowest BCUT2D eigenvalue weighted by molar-refractivity contribution is -0.121. The second-order valence-electron chi connectivity index (χ2n) is 8.04. The first-order valence-corrected chi connectivity index (χ1v) is 11.1. The van der Waals surface area contributed by atoms with Gasteiger partial charge in [-0.3, -0.25) is 4.79 Å². The monoisotopic (exact) mass is 392 g/mol. The quantitative estimate of drug-likeness (QED) is 0.629. The minimum absolute atomic E-state index is 0.141. The van der Waals surface area contributed by atoms with Gasteiger partial charge in [-0.05, 0) is 42.0 Å². The molecule has 0 saturated heterocycles. The first kappa shape index (κ1) is 19.1. The normalized spacial score (nSPS) is 19.6. The molecule has 146 valence electrons. The number of carbonyl (C=O) groups excluding carboxylic acids is 1. The van der Waals surface area contributed by atoms with E-state index in [2.05, 4.69) is 54.7 Å². The Bertz CT molecular complexity index is 972. The number of carbonyl (C=O) groups is 1. The zero-order valence-corrected chi connectivity index (χ0v) is 17.5. The van der Waals surface area contributed by atoms with Crippen molar-refractivity contribution in [3.63, 3.8) is 0 Å². The number of aromatic nitrogens is 1. The molecule has 0 radical (unpaired) electrons. The fraction of sp³-hybridized carbons (Fsp3) is 0.417. The SMILES string of the molecule is Cc1nc(Cc2cccc3ccccc23)sc1CC(=O)NC1CCCCC1C. The largest absolute Gasteiger partial charge is 0.353 e. The van der Waals surface area contributed by atoms with Crippen LogP contribution < -0.4 is 5.32 Å². The van der Waals surface area contributed by atoms with Gasteiger partial charge in [0.05, 0.1) is 17.1 Å². The van der Waals surface area contributed by atoms with E-state index in [0.29, 0.717) is 18.4 Å². The second-order valence-corrected chi connectivity index (χ2v) is 9.21. The molecule has 4 rings (SSSR count). The average Bonchev–Trinajstić information content (AvgIpc) is 3.03. The summed E-state index contributed by atoms with van der Waals surface area (Å²) in [5, 5.41) is 6.89. The van der Waals surface area contributed by atoms with Crippen LogP contribution in [0.4, 0.5) is 0 Å². The Morgan fingerprint density at radius 1 is 1.14 bits per heavy atom. The van der Waals surface area contributed by atoms with Crippen molar-refractivity contribution in [1.82, 2.24) is 10.3 Å². The van der Waals surface area contributed by atoms with E-state index in [1.807, 2.05) is 6.92 Å². The van der Waals surface area contributed by atoms with Crippen LogP contribution in [-0.2, 0) is 17.6 Å². The van der Waals surface area contributed by atoms with Crippen LogP contribution >= 0.6 is 11.3 Å². The number of hydrogen-bond donors (Lipinski definition) is 1. The molecule has 1 heterocycles. The number of nitrogens with one attached hydrogen (secondary N) is 1. The molecule has 3 nitrogen and oxygen atoms in total. The van der Waals surface area contributed by atoms with Crippen molar-refractivity contribution in [3.05, 3.63) is 63.6 Å². The minimum atomic E-state index is 0.141. The summed E-state index contributed by atoms with van der Waals surface area (Å²) in [5.41, 5.74) is 2.28. The lowest BCUT2D eigenvalue weighted by Crippen LogP contribution is -2.41. The fourth-order valence-electron chi connectivity index (χ4n) is 4.27. The van der Waals surface area contributed by atoms with E-state index in [-0.39, 0.29) is 5.91 Å². The highest BCUT2D eigenvalue weighted by Crippen LogP contribution is 2.26. The van der Waals surface area contributed by atoms with Crippen LogP contribution in [-0.4, -0.2) is 16.9 Å². The first-order chi connectivity index (χ1) is 13.6. The van der Waals surface area contributed by atoms with Crippen LogP contribution in [0.15, 0.2) is 42.5 Å². The maximum absolute atomic E-state index is 12.6. The molecule has 1 N–H and O–H groups in total. The maximum atomic E-state index is 12.6. The third kappa shape index (κ3) is 4.27. The van der Waals surface area contributed by atoms with Crippen molar-refractivity contribution in [2.24, 2.45) is 5.92 Å². The summed E-state index contributed by atoms with van der Waals surface area (Å²) in [6, 6.07) is 15.2. The Labute approximate surface area is 171 Å². The Kier molecular flexibility index (Phi) is 5.77. The number of aryl methyl sites for hydroxylation is 1. The molecule has 2 atom stereocenters. The zero-order valence-electron chi connectivity index (χ0n) is 16.7. The second kappa shape index (κ2) is 8.44. The average molecular weight is 393 g/mol. The van der Waals surface area contributed by atoms with Crippen LogP contribution in [0.25, 0.3) is 10.8 Å². The molecule has 1 aliphatic rings. The van der Waals surface area contributed by atoms with Gasteiger partial charge < -0.3 is 5.32 Å². The first-order valence-electron chi connectivity index (χ1n) is 10.3. The molecule has 2 aromatic carbocycles. The molecule has 1 fully saturated rings. The molecule has 2 unspecified atom stereocenters. The molecule has 1 aromatic heterocycles.